The Kier molecular flexibility index (Phi) is 4.76. The molecule has 1 amide bonds. The Hall–Kier alpha value is -3.56. The molecule has 2 unspecified atom stereocenters. The zero-order chi connectivity index (χ0) is 21.5. The van der Waals surface area contributed by atoms with E-state index in [0.29, 0.717) is 30.6 Å². The van der Waals surface area contributed by atoms with Crippen LogP contribution in [-0.2, 0) is 0 Å². The average molecular weight is 423 g/mol. The molecule has 0 spiro atoms. The third kappa shape index (κ3) is 3.47. The van der Waals surface area contributed by atoms with Crippen LogP contribution < -0.4 is 9.64 Å². The van der Waals surface area contributed by atoms with Gasteiger partial charge in [-0.3, -0.25) is 4.79 Å². The van der Waals surface area contributed by atoms with Gasteiger partial charge in [-0.15, -0.1) is 0 Å². The summed E-state index contributed by atoms with van der Waals surface area (Å²) in [7, 11) is 1.59. The molecule has 2 aliphatic rings. The van der Waals surface area contributed by atoms with Crippen molar-refractivity contribution in [2.75, 3.05) is 38.2 Å². The maximum absolute atomic E-state index is 14.7. The number of nitrogens with zero attached hydrogens (tertiary/aromatic N) is 7. The van der Waals surface area contributed by atoms with Gasteiger partial charge in [0.05, 0.1) is 19.5 Å². The minimum atomic E-state index is -0.571. The van der Waals surface area contributed by atoms with Crippen LogP contribution in [0.1, 0.15) is 16.1 Å². The molecule has 160 valence electrons. The van der Waals surface area contributed by atoms with E-state index in [4.69, 9.17) is 4.74 Å². The van der Waals surface area contributed by atoms with Gasteiger partial charge in [0.15, 0.2) is 0 Å². The molecule has 0 N–H and O–H groups in total. The van der Waals surface area contributed by atoms with Crippen LogP contribution >= 0.6 is 0 Å². The molecule has 31 heavy (non-hydrogen) atoms. The first kappa shape index (κ1) is 19.4. The van der Waals surface area contributed by atoms with Crippen molar-refractivity contribution >= 4 is 11.9 Å². The minimum absolute atomic E-state index is 0.00211. The number of anilines is 1. The van der Waals surface area contributed by atoms with Gasteiger partial charge >= 0.3 is 0 Å². The van der Waals surface area contributed by atoms with Crippen LogP contribution in [0.15, 0.2) is 36.7 Å². The monoisotopic (exact) mass is 423 g/mol. The Bertz CT molecular complexity index is 1110. The lowest BCUT2D eigenvalue weighted by Gasteiger charge is -2.23. The lowest BCUT2D eigenvalue weighted by Crippen LogP contribution is -2.35. The molecule has 1 aromatic carbocycles. The molecular formula is C21H22FN7O2. The van der Waals surface area contributed by atoms with Crippen molar-refractivity contribution in [3.8, 4) is 11.6 Å². The Morgan fingerprint density at radius 2 is 1.81 bits per heavy atom. The highest BCUT2D eigenvalue weighted by Gasteiger charge is 2.43. The average Bonchev–Trinajstić information content (AvgIpc) is 3.49. The Morgan fingerprint density at radius 3 is 2.48 bits per heavy atom. The predicted octanol–water partition coefficient (Wildman–Crippen LogP) is 1.72. The van der Waals surface area contributed by atoms with Crippen LogP contribution in [-0.4, -0.2) is 69.1 Å². The first-order chi connectivity index (χ1) is 15.0. The minimum Gasteiger partial charge on any atom is -0.481 e. The molecule has 0 saturated carbocycles. The van der Waals surface area contributed by atoms with Gasteiger partial charge in [0, 0.05) is 49.8 Å². The normalized spacial score (nSPS) is 20.2. The second-order valence-electron chi connectivity index (χ2n) is 7.94. The number of rotatable bonds is 4. The highest BCUT2D eigenvalue weighted by molar-refractivity contribution is 5.98. The summed E-state index contributed by atoms with van der Waals surface area (Å²) < 4.78 is 19.9. The Morgan fingerprint density at radius 1 is 1.10 bits per heavy atom. The van der Waals surface area contributed by atoms with Crippen LogP contribution in [0, 0.1) is 24.6 Å². The quantitative estimate of drug-likeness (QED) is 0.631. The highest BCUT2D eigenvalue weighted by Crippen LogP contribution is 2.34. The van der Waals surface area contributed by atoms with Crippen molar-refractivity contribution in [3.05, 3.63) is 53.7 Å². The molecule has 2 fully saturated rings. The van der Waals surface area contributed by atoms with Crippen molar-refractivity contribution in [2.45, 2.75) is 6.92 Å². The summed E-state index contributed by atoms with van der Waals surface area (Å²) in [6, 6.07) is 6.29. The number of hydrogen-bond acceptors (Lipinski definition) is 7. The zero-order valence-electron chi connectivity index (χ0n) is 17.3. The lowest BCUT2D eigenvalue weighted by atomic mass is 10.0. The van der Waals surface area contributed by atoms with Gasteiger partial charge in [-0.1, -0.05) is 6.07 Å². The number of carbonyl (C=O) groups excluding carboxylic acids is 1. The number of methoxy groups -OCH3 is 1. The van der Waals surface area contributed by atoms with E-state index in [1.165, 1.54) is 23.3 Å². The first-order valence-corrected chi connectivity index (χ1v) is 10.1. The lowest BCUT2D eigenvalue weighted by molar-refractivity contribution is 0.0777. The number of aryl methyl sites for hydroxylation is 1. The number of aromatic nitrogens is 5. The van der Waals surface area contributed by atoms with E-state index in [2.05, 4.69) is 25.1 Å². The van der Waals surface area contributed by atoms with Crippen molar-refractivity contribution < 1.29 is 13.9 Å². The van der Waals surface area contributed by atoms with E-state index in [-0.39, 0.29) is 23.3 Å². The molecule has 2 saturated heterocycles. The molecule has 10 heteroatoms. The van der Waals surface area contributed by atoms with Crippen molar-refractivity contribution in [2.24, 2.45) is 11.8 Å². The second kappa shape index (κ2) is 7.60. The fourth-order valence-corrected chi connectivity index (χ4v) is 4.48. The third-order valence-electron chi connectivity index (χ3n) is 5.92. The molecule has 3 aromatic rings. The van der Waals surface area contributed by atoms with E-state index in [0.717, 1.165) is 18.8 Å². The van der Waals surface area contributed by atoms with Crippen molar-refractivity contribution in [1.82, 2.24) is 29.9 Å². The van der Waals surface area contributed by atoms with Crippen LogP contribution in [0.2, 0.25) is 0 Å². The van der Waals surface area contributed by atoms with Crippen LogP contribution in [0.4, 0.5) is 10.3 Å². The Labute approximate surface area is 178 Å². The predicted molar refractivity (Wildman–Crippen MR) is 110 cm³/mol. The van der Waals surface area contributed by atoms with E-state index < -0.39 is 5.82 Å². The number of carbonyl (C=O) groups is 1. The summed E-state index contributed by atoms with van der Waals surface area (Å²) in [5, 5.41) is 8.11. The summed E-state index contributed by atoms with van der Waals surface area (Å²) >= 11 is 0. The summed E-state index contributed by atoms with van der Waals surface area (Å²) in [5.41, 5.74) is 1.19. The Balaban J connectivity index is 1.34. The molecular weight excluding hydrogens is 401 g/mol. The van der Waals surface area contributed by atoms with Gasteiger partial charge in [-0.2, -0.15) is 20.0 Å². The highest BCUT2D eigenvalue weighted by atomic mass is 19.1. The third-order valence-corrected chi connectivity index (χ3v) is 5.92. The number of halogens is 1. The molecule has 9 nitrogen and oxygen atoms in total. The van der Waals surface area contributed by atoms with Gasteiger partial charge in [-0.05, 0) is 19.1 Å². The van der Waals surface area contributed by atoms with Crippen LogP contribution in [0.25, 0.3) is 5.69 Å². The fourth-order valence-electron chi connectivity index (χ4n) is 4.48. The summed E-state index contributed by atoms with van der Waals surface area (Å²) in [5.74, 6) is 0.828. The molecule has 2 aromatic heterocycles. The van der Waals surface area contributed by atoms with E-state index in [1.54, 1.807) is 30.2 Å². The van der Waals surface area contributed by atoms with Gasteiger partial charge in [0.25, 0.3) is 5.91 Å². The molecule has 0 aliphatic carbocycles. The first-order valence-electron chi connectivity index (χ1n) is 10.1. The standard InChI is InChI=1S/C21H22FN7O2/c1-13-8-18(31-2)26-21(25-13)28-11-14-9-27(10-15(14)12-28)20(30)19-16(22)4-3-5-17(19)29-23-6-7-24-29/h3-8,14-15H,9-12H2,1-2H3. The molecule has 0 bridgehead atoms. The SMILES string of the molecule is COc1cc(C)nc(N2CC3CN(C(=O)c4c(F)cccc4-n4nccn4)CC3C2)n1. The maximum atomic E-state index is 14.7. The number of likely N-dealkylation sites (tertiary alicyclic amines) is 1. The maximum Gasteiger partial charge on any atom is 0.259 e. The number of ether oxygens (including phenoxy) is 1. The summed E-state index contributed by atoms with van der Waals surface area (Å²) in [6.45, 7) is 4.51. The molecule has 0 radical (unpaired) electrons. The molecule has 2 aliphatic heterocycles. The topological polar surface area (TPSA) is 89.3 Å². The van der Waals surface area contributed by atoms with E-state index >= 15 is 0 Å². The van der Waals surface area contributed by atoms with Gasteiger partial charge < -0.3 is 14.5 Å². The number of hydrogen-bond donors (Lipinski definition) is 0. The number of fused-ring (bicyclic) bond motifs is 1. The van der Waals surface area contributed by atoms with Crippen LogP contribution in [0.3, 0.4) is 0 Å². The van der Waals surface area contributed by atoms with E-state index in [1.807, 2.05) is 6.92 Å². The number of benzene rings is 1. The van der Waals surface area contributed by atoms with Crippen LogP contribution in [0.5, 0.6) is 5.88 Å². The largest absolute Gasteiger partial charge is 0.481 e. The summed E-state index contributed by atoms with van der Waals surface area (Å²) in [6.07, 6.45) is 2.99. The van der Waals surface area contributed by atoms with Gasteiger partial charge in [-0.25, -0.2) is 9.37 Å². The molecule has 5 rings (SSSR count). The van der Waals surface area contributed by atoms with Crippen molar-refractivity contribution in [1.29, 1.82) is 0 Å². The van der Waals surface area contributed by atoms with Gasteiger partial charge in [0.1, 0.15) is 17.1 Å². The summed E-state index contributed by atoms with van der Waals surface area (Å²) in [4.78, 5) is 27.4. The zero-order valence-corrected chi connectivity index (χ0v) is 17.3. The van der Waals surface area contributed by atoms with Gasteiger partial charge in [0.2, 0.25) is 11.8 Å². The fraction of sp³-hybridized carbons (Fsp3) is 0.381. The smallest absolute Gasteiger partial charge is 0.259 e. The second-order valence-corrected chi connectivity index (χ2v) is 7.94. The number of amides is 1. The van der Waals surface area contributed by atoms with E-state index in [9.17, 15) is 9.18 Å². The van der Waals surface area contributed by atoms with Crippen molar-refractivity contribution in [3.63, 3.8) is 0 Å². The molecule has 2 atom stereocenters. The molecule has 4 heterocycles.